The molecule has 0 saturated carbocycles. The van der Waals surface area contributed by atoms with E-state index >= 15 is 0 Å². The summed E-state index contributed by atoms with van der Waals surface area (Å²) in [5, 5.41) is 44.8. The van der Waals surface area contributed by atoms with Gasteiger partial charge in [-0.25, -0.2) is 5.01 Å². The smallest absolute Gasteiger partial charge is 0.319 e. The average molecular weight is 455 g/mol. The van der Waals surface area contributed by atoms with Crippen molar-refractivity contribution in [1.82, 2.24) is 19.9 Å². The van der Waals surface area contributed by atoms with Crippen molar-refractivity contribution in [3.8, 4) is 0 Å². The van der Waals surface area contributed by atoms with Crippen molar-refractivity contribution in [3.63, 3.8) is 0 Å². The van der Waals surface area contributed by atoms with Gasteiger partial charge in [0.1, 0.15) is 6.54 Å². The topological polar surface area (TPSA) is 278 Å². The summed E-state index contributed by atoms with van der Waals surface area (Å²) in [4.78, 5) is 54.4. The molecule has 0 saturated heterocycles. The van der Waals surface area contributed by atoms with Gasteiger partial charge in [0.15, 0.2) is 0 Å². The van der Waals surface area contributed by atoms with E-state index in [1.807, 2.05) is 0 Å². The summed E-state index contributed by atoms with van der Waals surface area (Å²) in [6, 6.07) is 0. The Morgan fingerprint density at radius 2 is 0.774 bits per heavy atom. The minimum atomic E-state index is -1.23. The predicted octanol–water partition coefficient (Wildman–Crippen LogP) is -4.78. The van der Waals surface area contributed by atoms with Gasteiger partial charge in [-0.3, -0.25) is 51.3 Å². The molecule has 17 heteroatoms. The number of hydrazine groups is 3. The molecule has 31 heavy (non-hydrogen) atoms. The summed E-state index contributed by atoms with van der Waals surface area (Å²) in [7, 11) is 0. The van der Waals surface area contributed by atoms with Crippen molar-refractivity contribution < 1.29 is 49.5 Å². The van der Waals surface area contributed by atoms with Gasteiger partial charge in [0.25, 0.3) is 0 Å². The third kappa shape index (κ3) is 23.2. The van der Waals surface area contributed by atoms with E-state index in [0.717, 1.165) is 19.9 Å². The number of aliphatic carboxylic acids is 5. The lowest BCUT2D eigenvalue weighted by molar-refractivity contribution is -0.145. The first-order chi connectivity index (χ1) is 14.2. The lowest BCUT2D eigenvalue weighted by Crippen LogP contribution is -2.46. The van der Waals surface area contributed by atoms with E-state index in [2.05, 4.69) is 0 Å². The van der Waals surface area contributed by atoms with Crippen LogP contribution in [0.1, 0.15) is 0 Å². The van der Waals surface area contributed by atoms with Gasteiger partial charge < -0.3 is 25.5 Å². The number of carboxylic acid groups (broad SMARTS) is 5. The first-order valence-corrected chi connectivity index (χ1v) is 8.53. The predicted molar refractivity (Wildman–Crippen MR) is 102 cm³/mol. The van der Waals surface area contributed by atoms with Crippen LogP contribution >= 0.6 is 0 Å². The van der Waals surface area contributed by atoms with Crippen molar-refractivity contribution in [2.24, 2.45) is 17.5 Å². The van der Waals surface area contributed by atoms with Crippen LogP contribution < -0.4 is 17.5 Å². The molecule has 0 fully saturated rings. The quantitative estimate of drug-likeness (QED) is 0.0800. The molecule has 0 amide bonds. The number of carboxylic acids is 5. The molecule has 0 unspecified atom stereocenters. The summed E-state index contributed by atoms with van der Waals surface area (Å²) in [5.41, 5.74) is 0. The molecule has 0 aromatic carbocycles. The lowest BCUT2D eigenvalue weighted by atomic mass is 10.4. The molecular formula is C14H29N7O10. The molecule has 0 radical (unpaired) electrons. The van der Waals surface area contributed by atoms with Crippen molar-refractivity contribution >= 4 is 29.8 Å². The largest absolute Gasteiger partial charge is 0.480 e. The van der Waals surface area contributed by atoms with Crippen molar-refractivity contribution in [1.29, 1.82) is 0 Å². The molecule has 11 N–H and O–H groups in total. The Labute approximate surface area is 176 Å². The van der Waals surface area contributed by atoms with E-state index in [4.69, 9.17) is 43.1 Å². The number of nitrogens with zero attached hydrogens (tertiary/aromatic N) is 4. The molecular weight excluding hydrogens is 426 g/mol. The maximum atomic E-state index is 10.6. The Balaban J connectivity index is 0. The second-order valence-electron chi connectivity index (χ2n) is 6.10. The normalized spacial score (nSPS) is 10.8. The molecule has 0 aliphatic heterocycles. The third-order valence-corrected chi connectivity index (χ3v) is 3.15. The molecule has 0 aromatic heterocycles. The molecule has 17 nitrogen and oxygen atoms in total. The average Bonchev–Trinajstić information content (AvgIpc) is 2.55. The van der Waals surface area contributed by atoms with E-state index in [0.29, 0.717) is 13.1 Å². The zero-order valence-corrected chi connectivity index (χ0v) is 16.7. The first kappa shape index (κ1) is 30.3. The van der Waals surface area contributed by atoms with Crippen LogP contribution in [0.3, 0.4) is 0 Å². The third-order valence-electron chi connectivity index (χ3n) is 3.15. The highest BCUT2D eigenvalue weighted by Gasteiger charge is 2.18. The summed E-state index contributed by atoms with van der Waals surface area (Å²) in [5.74, 6) is 9.45. The Morgan fingerprint density at radius 1 is 0.484 bits per heavy atom. The summed E-state index contributed by atoms with van der Waals surface area (Å²) < 4.78 is 0. The van der Waals surface area contributed by atoms with E-state index < -0.39 is 56.0 Å². The van der Waals surface area contributed by atoms with Crippen LogP contribution in [0.5, 0.6) is 0 Å². The maximum absolute atomic E-state index is 10.6. The molecule has 0 rings (SSSR count). The van der Waals surface area contributed by atoms with Crippen LogP contribution in [0.25, 0.3) is 0 Å². The van der Waals surface area contributed by atoms with Crippen LogP contribution in [0.2, 0.25) is 0 Å². The van der Waals surface area contributed by atoms with Crippen LogP contribution in [-0.2, 0) is 24.0 Å². The molecule has 0 aromatic rings. The maximum Gasteiger partial charge on any atom is 0.319 e. The second kappa shape index (κ2) is 16.8. The van der Waals surface area contributed by atoms with E-state index in [-0.39, 0.29) is 19.6 Å². The Kier molecular flexibility index (Phi) is 16.4. The van der Waals surface area contributed by atoms with Crippen LogP contribution in [0.15, 0.2) is 0 Å². The molecule has 0 spiro atoms. The molecule has 0 bridgehead atoms. The molecule has 0 heterocycles. The molecule has 180 valence electrons. The zero-order valence-electron chi connectivity index (χ0n) is 16.7. The standard InChI is InChI=1S/C10H16N2O8.C4H13N5O2/c13-7(14)3-11(4-8(15)16)1-2-12(5-9(17)18)6-10(19)20;5-8(3-4(10)11)1-2-9(6)7/h1-6H2,(H,13,14)(H,15,16)(H,17,18)(H,19,20);1-3,5-7H2,(H,10,11). The Hall–Kier alpha value is -2.93. The SMILES string of the molecule is NN(N)CCN(N)CC(=O)O.O=C(O)CN(CCN(CC(=O)O)CC(=O)O)CC(=O)O. The number of hydrogen-bond donors (Lipinski definition) is 8. The fourth-order valence-corrected chi connectivity index (χ4v) is 1.97. The Morgan fingerprint density at radius 3 is 1.00 bits per heavy atom. The highest BCUT2D eigenvalue weighted by molar-refractivity contribution is 5.73. The summed E-state index contributed by atoms with van der Waals surface area (Å²) >= 11 is 0. The highest BCUT2D eigenvalue weighted by Crippen LogP contribution is 1.94. The minimum absolute atomic E-state index is 0.0703. The van der Waals surface area contributed by atoms with Crippen molar-refractivity contribution in [2.45, 2.75) is 0 Å². The van der Waals surface area contributed by atoms with Crippen LogP contribution in [0.4, 0.5) is 0 Å². The zero-order chi connectivity index (χ0) is 24.6. The highest BCUT2D eigenvalue weighted by atomic mass is 16.4. The fraction of sp³-hybridized carbons (Fsp3) is 0.643. The lowest BCUT2D eigenvalue weighted by Gasteiger charge is -2.23. The molecule has 0 aliphatic carbocycles. The van der Waals surface area contributed by atoms with Crippen molar-refractivity contribution in [3.05, 3.63) is 0 Å². The van der Waals surface area contributed by atoms with Crippen LogP contribution in [0, 0.1) is 0 Å². The summed E-state index contributed by atoms with van der Waals surface area (Å²) in [6.45, 7) is -1.82. The Bertz CT molecular complexity index is 536. The molecule has 0 aliphatic rings. The van der Waals surface area contributed by atoms with Gasteiger partial charge in [-0.15, -0.1) is 0 Å². The van der Waals surface area contributed by atoms with Crippen LogP contribution in [-0.4, -0.2) is 134 Å². The van der Waals surface area contributed by atoms with E-state index in [1.54, 1.807) is 0 Å². The van der Waals surface area contributed by atoms with E-state index in [9.17, 15) is 24.0 Å². The monoisotopic (exact) mass is 455 g/mol. The van der Waals surface area contributed by atoms with Gasteiger partial charge in [-0.2, -0.15) is 5.12 Å². The number of carbonyl (C=O) groups is 5. The van der Waals surface area contributed by atoms with Gasteiger partial charge >= 0.3 is 29.8 Å². The number of hydrogen-bond acceptors (Lipinski definition) is 12. The van der Waals surface area contributed by atoms with Crippen molar-refractivity contribution in [2.75, 3.05) is 58.9 Å². The van der Waals surface area contributed by atoms with Gasteiger partial charge in [-0.1, -0.05) is 0 Å². The molecule has 0 atom stereocenters. The fourth-order valence-electron chi connectivity index (χ4n) is 1.97. The van der Waals surface area contributed by atoms with E-state index in [1.165, 1.54) is 0 Å². The number of nitrogens with two attached hydrogens (primary N) is 3. The van der Waals surface area contributed by atoms with Gasteiger partial charge in [-0.05, 0) is 0 Å². The van der Waals surface area contributed by atoms with Gasteiger partial charge in [0.05, 0.1) is 26.2 Å². The van der Waals surface area contributed by atoms with Gasteiger partial charge in [0, 0.05) is 26.2 Å². The second-order valence-corrected chi connectivity index (χ2v) is 6.10. The minimum Gasteiger partial charge on any atom is -0.480 e. The number of rotatable bonds is 16. The van der Waals surface area contributed by atoms with Gasteiger partial charge in [0.2, 0.25) is 0 Å². The summed E-state index contributed by atoms with van der Waals surface area (Å²) in [6.07, 6.45) is 0. The first-order valence-electron chi connectivity index (χ1n) is 8.53.